The summed E-state index contributed by atoms with van der Waals surface area (Å²) in [6, 6.07) is 3.65. The number of guanidine groups is 1. The molecule has 1 saturated heterocycles. The third-order valence-electron chi connectivity index (χ3n) is 4.95. The van der Waals surface area contributed by atoms with E-state index in [0.29, 0.717) is 30.4 Å². The predicted molar refractivity (Wildman–Crippen MR) is 112 cm³/mol. The van der Waals surface area contributed by atoms with Crippen LogP contribution in [0.1, 0.15) is 32.3 Å². The van der Waals surface area contributed by atoms with Gasteiger partial charge in [0, 0.05) is 31.8 Å². The van der Waals surface area contributed by atoms with Crippen LogP contribution in [0.25, 0.3) is 0 Å². The molecule has 2 rings (SSSR count). The average molecular weight is 408 g/mol. The zero-order chi connectivity index (χ0) is 21.2. The van der Waals surface area contributed by atoms with Gasteiger partial charge in [-0.3, -0.25) is 4.79 Å². The Hall–Kier alpha value is -2.64. The second-order valence-corrected chi connectivity index (χ2v) is 6.69. The Labute approximate surface area is 173 Å². The fourth-order valence-electron chi connectivity index (χ4n) is 3.40. The van der Waals surface area contributed by atoms with Crippen molar-refractivity contribution < 1.29 is 23.7 Å². The first-order valence-electron chi connectivity index (χ1n) is 10.1. The van der Waals surface area contributed by atoms with Crippen LogP contribution in [0.3, 0.4) is 0 Å². The quantitative estimate of drug-likeness (QED) is 0.403. The summed E-state index contributed by atoms with van der Waals surface area (Å²) >= 11 is 0. The van der Waals surface area contributed by atoms with Gasteiger partial charge in [0.05, 0.1) is 46.0 Å². The molecule has 1 aromatic carbocycles. The average Bonchev–Trinajstić information content (AvgIpc) is 2.76. The van der Waals surface area contributed by atoms with E-state index in [2.05, 4.69) is 10.2 Å². The SMILES string of the molecule is CCNC(=NCc1c(OC)cc(OC)cc1OC)N1CCC(C(=O)OCC)CC1. The number of benzene rings is 1. The Kier molecular flexibility index (Phi) is 8.89. The van der Waals surface area contributed by atoms with Gasteiger partial charge in [-0.15, -0.1) is 0 Å². The van der Waals surface area contributed by atoms with Gasteiger partial charge in [-0.1, -0.05) is 0 Å². The number of nitrogens with zero attached hydrogens (tertiary/aromatic N) is 2. The lowest BCUT2D eigenvalue weighted by molar-refractivity contribution is -0.149. The summed E-state index contributed by atoms with van der Waals surface area (Å²) < 4.78 is 21.5. The Morgan fingerprint density at radius 3 is 2.21 bits per heavy atom. The zero-order valence-electron chi connectivity index (χ0n) is 18.1. The third-order valence-corrected chi connectivity index (χ3v) is 4.95. The summed E-state index contributed by atoms with van der Waals surface area (Å²) in [4.78, 5) is 19.0. The van der Waals surface area contributed by atoms with Crippen LogP contribution >= 0.6 is 0 Å². The van der Waals surface area contributed by atoms with Crippen LogP contribution in [0.5, 0.6) is 17.2 Å². The Morgan fingerprint density at radius 2 is 1.72 bits per heavy atom. The number of aliphatic imine (C=N–C) groups is 1. The smallest absolute Gasteiger partial charge is 0.309 e. The minimum atomic E-state index is -0.0956. The van der Waals surface area contributed by atoms with Crippen LogP contribution in [0.15, 0.2) is 17.1 Å². The van der Waals surface area contributed by atoms with Gasteiger partial charge >= 0.3 is 5.97 Å². The van der Waals surface area contributed by atoms with Gasteiger partial charge in [-0.25, -0.2) is 4.99 Å². The number of likely N-dealkylation sites (tertiary alicyclic amines) is 1. The Bertz CT molecular complexity index is 675. The molecule has 1 fully saturated rings. The molecule has 162 valence electrons. The number of methoxy groups -OCH3 is 3. The maximum absolute atomic E-state index is 12.0. The standard InChI is InChI=1S/C21H33N3O5/c1-6-22-21(24-10-8-15(9-11-24)20(25)29-7-2)23-14-17-18(27-4)12-16(26-3)13-19(17)28-5/h12-13,15H,6-11,14H2,1-5H3,(H,22,23). The van der Waals surface area contributed by atoms with E-state index >= 15 is 0 Å². The lowest BCUT2D eigenvalue weighted by Gasteiger charge is -2.33. The molecule has 0 saturated carbocycles. The number of piperidine rings is 1. The fourth-order valence-corrected chi connectivity index (χ4v) is 3.40. The number of nitrogens with one attached hydrogen (secondary N) is 1. The second kappa shape index (κ2) is 11.4. The molecule has 8 nitrogen and oxygen atoms in total. The van der Waals surface area contributed by atoms with E-state index in [1.54, 1.807) is 21.3 Å². The van der Waals surface area contributed by atoms with Crippen LogP contribution in [0.4, 0.5) is 0 Å². The van der Waals surface area contributed by atoms with Gasteiger partial charge in [-0.05, 0) is 26.7 Å². The van der Waals surface area contributed by atoms with Crippen LogP contribution in [0, 0.1) is 5.92 Å². The summed E-state index contributed by atoms with van der Waals surface area (Å²) in [5.74, 6) is 2.69. The van der Waals surface area contributed by atoms with E-state index < -0.39 is 0 Å². The highest BCUT2D eigenvalue weighted by atomic mass is 16.5. The van der Waals surface area contributed by atoms with E-state index in [-0.39, 0.29) is 11.9 Å². The lowest BCUT2D eigenvalue weighted by Crippen LogP contribution is -2.46. The minimum Gasteiger partial charge on any atom is -0.496 e. The predicted octanol–water partition coefficient (Wildman–Crippen LogP) is 2.45. The number of hydrogen-bond donors (Lipinski definition) is 1. The zero-order valence-corrected chi connectivity index (χ0v) is 18.1. The highest BCUT2D eigenvalue weighted by Gasteiger charge is 2.27. The molecule has 0 spiro atoms. The van der Waals surface area contributed by atoms with E-state index in [1.807, 2.05) is 26.0 Å². The minimum absolute atomic E-state index is 0.0316. The van der Waals surface area contributed by atoms with E-state index in [9.17, 15) is 4.79 Å². The topological polar surface area (TPSA) is 81.6 Å². The lowest BCUT2D eigenvalue weighted by atomic mass is 9.97. The summed E-state index contributed by atoms with van der Waals surface area (Å²) in [7, 11) is 4.84. The van der Waals surface area contributed by atoms with Crippen molar-refractivity contribution in [3.8, 4) is 17.2 Å². The van der Waals surface area contributed by atoms with Crippen LogP contribution in [-0.4, -0.2) is 64.4 Å². The van der Waals surface area contributed by atoms with Crippen molar-refractivity contribution in [3.05, 3.63) is 17.7 Å². The Morgan fingerprint density at radius 1 is 1.10 bits per heavy atom. The number of rotatable bonds is 8. The molecule has 0 radical (unpaired) electrons. The van der Waals surface area contributed by atoms with Crippen LogP contribution in [-0.2, 0) is 16.1 Å². The number of ether oxygens (including phenoxy) is 4. The monoisotopic (exact) mass is 407 g/mol. The van der Waals surface area contributed by atoms with Crippen molar-refractivity contribution in [2.45, 2.75) is 33.2 Å². The molecule has 1 N–H and O–H groups in total. The van der Waals surface area contributed by atoms with Gasteiger partial charge in [-0.2, -0.15) is 0 Å². The molecule has 29 heavy (non-hydrogen) atoms. The van der Waals surface area contributed by atoms with Gasteiger partial charge in [0.2, 0.25) is 0 Å². The first-order chi connectivity index (χ1) is 14.1. The summed E-state index contributed by atoms with van der Waals surface area (Å²) in [5, 5.41) is 3.34. The molecule has 0 atom stereocenters. The highest BCUT2D eigenvalue weighted by Crippen LogP contribution is 2.34. The number of esters is 1. The maximum atomic E-state index is 12.0. The summed E-state index contributed by atoms with van der Waals surface area (Å²) in [6.07, 6.45) is 1.52. The molecule has 1 aromatic rings. The maximum Gasteiger partial charge on any atom is 0.309 e. The molecule has 0 amide bonds. The largest absolute Gasteiger partial charge is 0.496 e. The molecule has 0 aliphatic carbocycles. The van der Waals surface area contributed by atoms with Crippen molar-refractivity contribution in [2.75, 3.05) is 47.6 Å². The van der Waals surface area contributed by atoms with Crippen LogP contribution < -0.4 is 19.5 Å². The summed E-state index contributed by atoms with van der Waals surface area (Å²) in [6.45, 7) is 6.97. The van der Waals surface area contributed by atoms with Crippen molar-refractivity contribution in [1.82, 2.24) is 10.2 Å². The molecule has 0 unspecified atom stereocenters. The van der Waals surface area contributed by atoms with Crippen molar-refractivity contribution in [3.63, 3.8) is 0 Å². The molecular formula is C21H33N3O5. The summed E-state index contributed by atoms with van der Waals surface area (Å²) in [5.41, 5.74) is 0.854. The second-order valence-electron chi connectivity index (χ2n) is 6.69. The fraction of sp³-hybridized carbons (Fsp3) is 0.619. The van der Waals surface area contributed by atoms with E-state index in [1.165, 1.54) is 0 Å². The molecule has 8 heteroatoms. The molecule has 1 heterocycles. The normalized spacial score (nSPS) is 15.1. The van der Waals surface area contributed by atoms with Crippen molar-refractivity contribution in [2.24, 2.45) is 10.9 Å². The number of carbonyl (C=O) groups is 1. The first-order valence-corrected chi connectivity index (χ1v) is 10.1. The first kappa shape index (κ1) is 22.6. The molecule has 1 aliphatic rings. The van der Waals surface area contributed by atoms with Gasteiger partial charge < -0.3 is 29.2 Å². The molecular weight excluding hydrogens is 374 g/mol. The van der Waals surface area contributed by atoms with Gasteiger partial charge in [0.1, 0.15) is 17.2 Å². The van der Waals surface area contributed by atoms with E-state index in [0.717, 1.165) is 44.0 Å². The number of carbonyl (C=O) groups excluding carboxylic acids is 1. The Balaban J connectivity index is 2.15. The molecule has 0 aromatic heterocycles. The van der Waals surface area contributed by atoms with Crippen molar-refractivity contribution >= 4 is 11.9 Å². The third kappa shape index (κ3) is 5.92. The van der Waals surface area contributed by atoms with Gasteiger partial charge in [0.15, 0.2) is 5.96 Å². The van der Waals surface area contributed by atoms with Gasteiger partial charge in [0.25, 0.3) is 0 Å². The molecule has 0 bridgehead atoms. The molecule has 1 aliphatic heterocycles. The van der Waals surface area contributed by atoms with Crippen molar-refractivity contribution in [1.29, 1.82) is 0 Å². The number of hydrogen-bond acceptors (Lipinski definition) is 6. The van der Waals surface area contributed by atoms with E-state index in [4.69, 9.17) is 23.9 Å². The highest BCUT2D eigenvalue weighted by molar-refractivity contribution is 5.80. The van der Waals surface area contributed by atoms with Crippen LogP contribution in [0.2, 0.25) is 0 Å².